The topological polar surface area (TPSA) is 71.0 Å². The molecule has 3 aliphatic rings. The second-order valence-corrected chi connectivity index (χ2v) is 9.14. The van der Waals surface area contributed by atoms with Crippen molar-refractivity contribution in [3.8, 4) is 11.5 Å². The van der Waals surface area contributed by atoms with Gasteiger partial charge < -0.3 is 24.8 Å². The van der Waals surface area contributed by atoms with Crippen LogP contribution in [0, 0.1) is 0 Å². The summed E-state index contributed by atoms with van der Waals surface area (Å²) in [7, 11) is 1.62. The smallest absolute Gasteiger partial charge is 0.251 e. The van der Waals surface area contributed by atoms with Crippen molar-refractivity contribution in [3.63, 3.8) is 0 Å². The average Bonchev–Trinajstić information content (AvgIpc) is 3.31. The van der Waals surface area contributed by atoms with Gasteiger partial charge in [-0.15, -0.1) is 0 Å². The lowest BCUT2D eigenvalue weighted by molar-refractivity contribution is 0.0750. The molecule has 1 amide bonds. The summed E-state index contributed by atoms with van der Waals surface area (Å²) in [6, 6.07) is 6.37. The molecule has 0 bridgehead atoms. The van der Waals surface area contributed by atoms with E-state index in [0.29, 0.717) is 17.1 Å². The number of aliphatic hydroxyl groups excluding tert-OH is 1. The first-order chi connectivity index (χ1) is 14.6. The second kappa shape index (κ2) is 10.0. The van der Waals surface area contributed by atoms with Gasteiger partial charge in [0.05, 0.1) is 13.2 Å². The Morgan fingerprint density at radius 1 is 1.00 bits per heavy atom. The van der Waals surface area contributed by atoms with E-state index in [-0.39, 0.29) is 24.2 Å². The van der Waals surface area contributed by atoms with Crippen molar-refractivity contribution in [2.45, 2.75) is 88.5 Å². The van der Waals surface area contributed by atoms with Crippen LogP contribution in [0.15, 0.2) is 18.2 Å². The molecular formula is C24H36N2O4. The average molecular weight is 417 g/mol. The van der Waals surface area contributed by atoms with Crippen LogP contribution in [-0.4, -0.2) is 60.4 Å². The Hall–Kier alpha value is -1.79. The maximum Gasteiger partial charge on any atom is 0.251 e. The summed E-state index contributed by atoms with van der Waals surface area (Å²) in [5, 5.41) is 12.7. The number of ether oxygens (including phenoxy) is 2. The van der Waals surface area contributed by atoms with E-state index in [0.717, 1.165) is 57.7 Å². The minimum atomic E-state index is -0.222. The molecule has 2 saturated carbocycles. The predicted octanol–water partition coefficient (Wildman–Crippen LogP) is 3.51. The minimum Gasteiger partial charge on any atom is -0.493 e. The summed E-state index contributed by atoms with van der Waals surface area (Å²) in [5.74, 6) is 1.24. The maximum atomic E-state index is 12.7. The van der Waals surface area contributed by atoms with Gasteiger partial charge in [-0.1, -0.05) is 12.8 Å². The number of nitrogens with zero attached hydrogens (tertiary/aromatic N) is 1. The predicted molar refractivity (Wildman–Crippen MR) is 116 cm³/mol. The first-order valence-electron chi connectivity index (χ1n) is 11.7. The first-order valence-corrected chi connectivity index (χ1v) is 11.7. The molecule has 0 unspecified atom stereocenters. The number of carbonyl (C=O) groups is 1. The lowest BCUT2D eigenvalue weighted by Crippen LogP contribution is -2.43. The van der Waals surface area contributed by atoms with E-state index in [4.69, 9.17) is 9.47 Å². The fourth-order valence-electron chi connectivity index (χ4n) is 5.20. The Bertz CT molecular complexity index is 703. The van der Waals surface area contributed by atoms with Gasteiger partial charge in [-0.3, -0.25) is 4.79 Å². The molecule has 2 aliphatic carbocycles. The van der Waals surface area contributed by atoms with Crippen molar-refractivity contribution < 1.29 is 19.4 Å². The number of nitrogens with one attached hydrogen (secondary N) is 1. The van der Waals surface area contributed by atoms with Gasteiger partial charge in [-0.2, -0.15) is 0 Å². The van der Waals surface area contributed by atoms with Crippen molar-refractivity contribution in [1.29, 1.82) is 0 Å². The number of aliphatic hydroxyl groups is 1. The van der Waals surface area contributed by atoms with Gasteiger partial charge in [-0.05, 0) is 69.6 Å². The van der Waals surface area contributed by atoms with Crippen LogP contribution >= 0.6 is 0 Å². The molecule has 4 rings (SSSR count). The van der Waals surface area contributed by atoms with E-state index in [2.05, 4.69) is 10.2 Å². The monoisotopic (exact) mass is 416 g/mol. The zero-order valence-electron chi connectivity index (χ0n) is 18.1. The fraction of sp³-hybridized carbons (Fsp3) is 0.708. The van der Waals surface area contributed by atoms with Crippen LogP contribution in [0.3, 0.4) is 0 Å². The van der Waals surface area contributed by atoms with E-state index in [1.807, 2.05) is 12.1 Å². The van der Waals surface area contributed by atoms with E-state index in [1.54, 1.807) is 13.2 Å². The third-order valence-corrected chi connectivity index (χ3v) is 7.07. The van der Waals surface area contributed by atoms with Crippen molar-refractivity contribution >= 4 is 5.91 Å². The zero-order valence-corrected chi connectivity index (χ0v) is 18.1. The van der Waals surface area contributed by atoms with Gasteiger partial charge in [0.2, 0.25) is 0 Å². The molecule has 1 aromatic carbocycles. The van der Waals surface area contributed by atoms with Crippen LogP contribution < -0.4 is 14.8 Å². The number of likely N-dealkylation sites (tertiary alicyclic amines) is 1. The highest BCUT2D eigenvalue weighted by Crippen LogP contribution is 2.32. The molecule has 6 nitrogen and oxygen atoms in total. The van der Waals surface area contributed by atoms with Crippen molar-refractivity contribution in [2.75, 3.05) is 20.2 Å². The highest BCUT2D eigenvalue weighted by molar-refractivity contribution is 5.95. The fourth-order valence-corrected chi connectivity index (χ4v) is 5.20. The summed E-state index contributed by atoms with van der Waals surface area (Å²) in [6.45, 7) is 2.21. The number of carbonyl (C=O) groups excluding carboxylic acids is 1. The summed E-state index contributed by atoms with van der Waals surface area (Å²) in [5.41, 5.74) is 0.585. The molecule has 2 N–H and O–H groups in total. The molecule has 30 heavy (non-hydrogen) atoms. The van der Waals surface area contributed by atoms with Crippen LogP contribution in [-0.2, 0) is 0 Å². The standard InChI is InChI=1S/C24H36N2O4/c1-29-23-16-17(24(28)25-18-7-9-20(27)10-8-18)6-11-22(23)30-21-12-14-26(15-13-21)19-4-2-3-5-19/h6,11,16,18-21,27H,2-5,7-10,12-15H2,1H3,(H,25,28). The van der Waals surface area contributed by atoms with E-state index in [9.17, 15) is 9.90 Å². The molecule has 0 radical (unpaired) electrons. The second-order valence-electron chi connectivity index (χ2n) is 9.14. The summed E-state index contributed by atoms with van der Waals surface area (Å²) >= 11 is 0. The molecule has 6 heteroatoms. The molecule has 3 fully saturated rings. The molecule has 1 aromatic rings. The first kappa shape index (κ1) is 21.4. The maximum absolute atomic E-state index is 12.7. The molecule has 1 heterocycles. The number of benzene rings is 1. The lowest BCUT2D eigenvalue weighted by Gasteiger charge is -2.36. The number of hydrogen-bond acceptors (Lipinski definition) is 5. The van der Waals surface area contributed by atoms with E-state index < -0.39 is 0 Å². The van der Waals surface area contributed by atoms with E-state index >= 15 is 0 Å². The van der Waals surface area contributed by atoms with Gasteiger partial charge in [-0.25, -0.2) is 0 Å². The van der Waals surface area contributed by atoms with Gasteiger partial charge in [0.1, 0.15) is 6.10 Å². The Morgan fingerprint density at radius 2 is 1.70 bits per heavy atom. The van der Waals surface area contributed by atoms with Gasteiger partial charge in [0, 0.05) is 30.7 Å². The van der Waals surface area contributed by atoms with Crippen molar-refractivity contribution in [1.82, 2.24) is 10.2 Å². The molecule has 0 spiro atoms. The number of rotatable bonds is 6. The van der Waals surface area contributed by atoms with Crippen LogP contribution in [0.1, 0.15) is 74.6 Å². The normalized spacial score (nSPS) is 26.5. The third-order valence-electron chi connectivity index (χ3n) is 7.07. The van der Waals surface area contributed by atoms with Gasteiger partial charge in [0.15, 0.2) is 11.5 Å². The largest absolute Gasteiger partial charge is 0.493 e. The SMILES string of the molecule is COc1cc(C(=O)NC2CCC(O)CC2)ccc1OC1CCN(C2CCCC2)CC1. The van der Waals surface area contributed by atoms with Crippen LogP contribution in [0.2, 0.25) is 0 Å². The molecule has 1 aliphatic heterocycles. The van der Waals surface area contributed by atoms with Crippen molar-refractivity contribution in [2.24, 2.45) is 0 Å². The molecule has 0 aromatic heterocycles. The number of amides is 1. The third kappa shape index (κ3) is 5.27. The molecule has 1 saturated heterocycles. The highest BCUT2D eigenvalue weighted by Gasteiger charge is 2.28. The van der Waals surface area contributed by atoms with Crippen LogP contribution in [0.4, 0.5) is 0 Å². The Morgan fingerprint density at radius 3 is 2.37 bits per heavy atom. The summed E-state index contributed by atoms with van der Waals surface area (Å²) in [4.78, 5) is 15.3. The molecule has 0 atom stereocenters. The zero-order chi connectivity index (χ0) is 20.9. The molecular weight excluding hydrogens is 380 g/mol. The van der Waals surface area contributed by atoms with Crippen molar-refractivity contribution in [3.05, 3.63) is 23.8 Å². The van der Waals surface area contributed by atoms with Crippen LogP contribution in [0.25, 0.3) is 0 Å². The Balaban J connectivity index is 1.31. The number of methoxy groups -OCH3 is 1. The van der Waals surface area contributed by atoms with Crippen LogP contribution in [0.5, 0.6) is 11.5 Å². The molecule has 166 valence electrons. The summed E-state index contributed by atoms with van der Waals surface area (Å²) < 4.78 is 11.8. The van der Waals surface area contributed by atoms with Gasteiger partial charge >= 0.3 is 0 Å². The minimum absolute atomic E-state index is 0.0916. The Labute approximate surface area is 179 Å². The quantitative estimate of drug-likeness (QED) is 0.743. The highest BCUT2D eigenvalue weighted by atomic mass is 16.5. The number of hydrogen-bond donors (Lipinski definition) is 2. The Kier molecular flexibility index (Phi) is 7.16. The van der Waals surface area contributed by atoms with E-state index in [1.165, 1.54) is 25.7 Å². The van der Waals surface area contributed by atoms with Gasteiger partial charge in [0.25, 0.3) is 5.91 Å². The lowest BCUT2D eigenvalue weighted by atomic mass is 9.93. The summed E-state index contributed by atoms with van der Waals surface area (Å²) in [6.07, 6.45) is 10.7. The number of piperidine rings is 1.